The van der Waals surface area contributed by atoms with Gasteiger partial charge in [0.25, 0.3) is 0 Å². The fourth-order valence-electron chi connectivity index (χ4n) is 0.233. The van der Waals surface area contributed by atoms with E-state index in [0.717, 1.165) is 0 Å². The minimum absolute atomic E-state index is 0. The van der Waals surface area contributed by atoms with Crippen LogP contribution in [0.2, 0.25) is 0 Å². The predicted molar refractivity (Wildman–Crippen MR) is 25.2 cm³/mol. The Balaban J connectivity index is 0. The third-order valence-corrected chi connectivity index (χ3v) is 0.558. The van der Waals surface area contributed by atoms with Crippen LogP contribution in [0.25, 0.3) is 0 Å². The first-order valence-corrected chi connectivity index (χ1v) is 2.12. The van der Waals surface area contributed by atoms with Crippen molar-refractivity contribution in [2.45, 2.75) is 19.3 Å². The molecule has 0 saturated heterocycles. The molecule has 8 heavy (non-hydrogen) atoms. The van der Waals surface area contributed by atoms with Crippen LogP contribution in [-0.2, 0) is 9.59 Å². The van der Waals surface area contributed by atoms with Gasteiger partial charge in [-0.05, 0) is 0 Å². The van der Waals surface area contributed by atoms with E-state index in [4.69, 9.17) is 0 Å². The van der Waals surface area contributed by atoms with Gasteiger partial charge < -0.3 is 9.59 Å². The average Bonchev–Trinajstić information content (AvgIpc) is 1.69. The zero-order valence-corrected chi connectivity index (χ0v) is 7.65. The van der Waals surface area contributed by atoms with Gasteiger partial charge in [-0.25, -0.2) is 0 Å². The predicted octanol–water partition coefficient (Wildman–Crippen LogP) is 0.376. The van der Waals surface area contributed by atoms with Crippen molar-refractivity contribution < 1.29 is 50.4 Å². The summed E-state index contributed by atoms with van der Waals surface area (Å²) in [4.78, 5) is 18.8. The Hall–Kier alpha value is 0.691. The van der Waals surface area contributed by atoms with Crippen LogP contribution in [0.3, 0.4) is 0 Å². The van der Waals surface area contributed by atoms with Crippen molar-refractivity contribution in [2.75, 3.05) is 0 Å². The molecule has 0 N–H and O–H groups in total. The fourth-order valence-corrected chi connectivity index (χ4v) is 0.233. The molecule has 0 bridgehead atoms. The first kappa shape index (κ1) is 11.5. The molecule has 0 aliphatic carbocycles. The average molecular weight is 242 g/mol. The topological polar surface area (TPSA) is 34.1 Å². The second-order valence-electron chi connectivity index (χ2n) is 1.14. The third-order valence-electron chi connectivity index (χ3n) is 0.558. The molecule has 2 nitrogen and oxygen atoms in total. The molecule has 0 spiro atoms. The van der Waals surface area contributed by atoms with Crippen molar-refractivity contribution in [1.29, 1.82) is 0 Å². The molecule has 0 rings (SSSR count). The van der Waals surface area contributed by atoms with Gasteiger partial charge in [0.2, 0.25) is 0 Å². The van der Waals surface area contributed by atoms with Gasteiger partial charge in [-0.15, -0.1) is 6.42 Å². The van der Waals surface area contributed by atoms with E-state index in [1.54, 1.807) is 12.6 Å². The van der Waals surface area contributed by atoms with E-state index in [0.29, 0.717) is 19.3 Å². The summed E-state index contributed by atoms with van der Waals surface area (Å²) in [5.41, 5.74) is 0. The van der Waals surface area contributed by atoms with Gasteiger partial charge in [0.1, 0.15) is 0 Å². The Bertz CT molecular complexity index is 55.4. The minimum Gasteiger partial charge on any atom is -0.542 e. The summed E-state index contributed by atoms with van der Waals surface area (Å²) in [5.74, 6) is 0. The van der Waals surface area contributed by atoms with Crippen LogP contribution in [0.5, 0.6) is 0 Å². The van der Waals surface area contributed by atoms with E-state index in [1.165, 1.54) is 0 Å². The number of unbranched alkanes of at least 4 members (excludes halogenated alkanes) is 2. The van der Waals surface area contributed by atoms with Crippen LogP contribution in [0.15, 0.2) is 0 Å². The zero-order chi connectivity index (χ0) is 5.54. The fraction of sp³-hybridized carbons (Fsp3) is 0.600. The van der Waals surface area contributed by atoms with Gasteiger partial charge >= 0.3 is 0 Å². The van der Waals surface area contributed by atoms with Crippen LogP contribution in [0, 0.1) is 40.8 Å². The second-order valence-corrected chi connectivity index (χ2v) is 1.14. The molecule has 0 aliphatic heterocycles. The monoisotopic (exact) mass is 240 g/mol. The Kier molecular flexibility index (Phi) is 15.3. The quantitative estimate of drug-likeness (QED) is 0.527. The summed E-state index contributed by atoms with van der Waals surface area (Å²) < 4.78 is 0. The first-order chi connectivity index (χ1) is 3.41. The standard InChI is InChI=1S/C5H6O2.Nd/c6-4-2-1-3-5-7;/h1-3H2;/q-2;. The zero-order valence-electron chi connectivity index (χ0n) is 4.44. The van der Waals surface area contributed by atoms with E-state index in [2.05, 4.69) is 0 Å². The van der Waals surface area contributed by atoms with Crippen LogP contribution in [0.4, 0.5) is 0 Å². The van der Waals surface area contributed by atoms with Crippen LogP contribution < -0.4 is 0 Å². The van der Waals surface area contributed by atoms with Crippen molar-refractivity contribution in [3.05, 3.63) is 0 Å². The Morgan fingerprint density at radius 1 is 1.00 bits per heavy atom. The van der Waals surface area contributed by atoms with E-state index in [9.17, 15) is 9.59 Å². The minimum atomic E-state index is 0. The van der Waals surface area contributed by atoms with E-state index in [1.807, 2.05) is 0 Å². The van der Waals surface area contributed by atoms with Gasteiger partial charge in [-0.2, -0.15) is 12.8 Å². The maximum Gasteiger partial charge on any atom is 0 e. The molecule has 0 amide bonds. The van der Waals surface area contributed by atoms with E-state index < -0.39 is 0 Å². The summed E-state index contributed by atoms with van der Waals surface area (Å²) in [6, 6.07) is 0. The maximum atomic E-state index is 9.42. The van der Waals surface area contributed by atoms with Gasteiger partial charge in [-0.3, -0.25) is 12.6 Å². The summed E-state index contributed by atoms with van der Waals surface area (Å²) in [7, 11) is 0. The molecule has 0 aliphatic rings. The summed E-state index contributed by atoms with van der Waals surface area (Å²) in [6.45, 7) is 0. The van der Waals surface area contributed by atoms with Crippen molar-refractivity contribution in [3.8, 4) is 0 Å². The molecule has 0 atom stereocenters. The SMILES string of the molecule is O=[C-]CCC[C-]=O.[Nd]. The van der Waals surface area contributed by atoms with Crippen molar-refractivity contribution in [3.63, 3.8) is 0 Å². The molecule has 0 fully saturated rings. The number of hydrogen-bond acceptors (Lipinski definition) is 2. The third kappa shape index (κ3) is 9.85. The molecule has 0 aromatic rings. The summed E-state index contributed by atoms with van der Waals surface area (Å²) in [6.07, 6.45) is 4.65. The molecule has 0 unspecified atom stereocenters. The van der Waals surface area contributed by atoms with Crippen molar-refractivity contribution in [2.24, 2.45) is 0 Å². The number of hydrogen-bond donors (Lipinski definition) is 0. The van der Waals surface area contributed by atoms with Gasteiger partial charge in [0.15, 0.2) is 0 Å². The Morgan fingerprint density at radius 2 is 1.38 bits per heavy atom. The first-order valence-electron chi connectivity index (χ1n) is 2.12. The summed E-state index contributed by atoms with van der Waals surface area (Å²) >= 11 is 0. The van der Waals surface area contributed by atoms with Gasteiger partial charge in [-0.1, -0.05) is 0 Å². The molecular formula is C5H6NdO2-2. The summed E-state index contributed by atoms with van der Waals surface area (Å²) in [5, 5.41) is 0. The molecule has 3 heteroatoms. The van der Waals surface area contributed by atoms with Crippen LogP contribution in [-0.4, -0.2) is 12.6 Å². The maximum absolute atomic E-state index is 9.42. The van der Waals surface area contributed by atoms with Crippen molar-refractivity contribution >= 4 is 12.6 Å². The molecule has 0 radical (unpaired) electrons. The van der Waals surface area contributed by atoms with Crippen molar-refractivity contribution in [1.82, 2.24) is 0 Å². The largest absolute Gasteiger partial charge is 0.542 e. The smallest absolute Gasteiger partial charge is 0 e. The van der Waals surface area contributed by atoms with Gasteiger partial charge in [0.05, 0.1) is 0 Å². The Labute approximate surface area is 81.6 Å². The van der Waals surface area contributed by atoms with Gasteiger partial charge in [0, 0.05) is 40.8 Å². The molecule has 44 valence electrons. The molecule has 0 aromatic carbocycles. The normalized spacial score (nSPS) is 7.00. The second kappa shape index (κ2) is 10.6. The van der Waals surface area contributed by atoms with Crippen LogP contribution in [0.1, 0.15) is 19.3 Å². The van der Waals surface area contributed by atoms with E-state index >= 15 is 0 Å². The van der Waals surface area contributed by atoms with E-state index in [-0.39, 0.29) is 40.8 Å². The Morgan fingerprint density at radius 3 is 1.62 bits per heavy atom. The molecule has 0 aromatic heterocycles. The number of carbonyl (C=O) groups excluding carboxylic acids is 2. The molecular weight excluding hydrogens is 236 g/mol. The van der Waals surface area contributed by atoms with Crippen LogP contribution >= 0.6 is 0 Å². The molecule has 0 heterocycles. The molecule has 0 saturated carbocycles. The number of rotatable bonds is 4.